The summed E-state index contributed by atoms with van der Waals surface area (Å²) in [7, 11) is 0. The highest BCUT2D eigenvalue weighted by Crippen LogP contribution is 2.36. The summed E-state index contributed by atoms with van der Waals surface area (Å²) >= 11 is 0. The van der Waals surface area contributed by atoms with E-state index in [1.54, 1.807) is 0 Å². The molecule has 1 unspecified atom stereocenters. The van der Waals surface area contributed by atoms with E-state index in [4.69, 9.17) is 0 Å². The average molecular weight is 303 g/mol. The molecule has 9 heteroatoms. The number of rotatable bonds is 3. The van der Waals surface area contributed by atoms with Crippen LogP contribution in [0.5, 0.6) is 0 Å². The van der Waals surface area contributed by atoms with Gasteiger partial charge in [0.05, 0.1) is 11.0 Å². The number of aromatic nitrogens is 1. The lowest BCUT2D eigenvalue weighted by atomic mass is 10.0. The Kier molecular flexibility index (Phi) is 4.10. The molecule has 1 saturated heterocycles. The van der Waals surface area contributed by atoms with Crippen molar-refractivity contribution in [3.05, 3.63) is 28.1 Å². The van der Waals surface area contributed by atoms with E-state index in [1.165, 1.54) is 4.90 Å². The van der Waals surface area contributed by atoms with Gasteiger partial charge in [-0.2, -0.15) is 13.2 Å². The predicted octanol–water partition coefficient (Wildman–Crippen LogP) is 2.57. The third-order valence-corrected chi connectivity index (χ3v) is 3.36. The van der Waals surface area contributed by atoms with Crippen LogP contribution in [0.1, 0.15) is 25.0 Å². The number of piperidine rings is 1. The van der Waals surface area contributed by atoms with E-state index in [2.05, 4.69) is 4.98 Å². The van der Waals surface area contributed by atoms with E-state index in [1.807, 2.05) is 0 Å². The van der Waals surface area contributed by atoms with Gasteiger partial charge in [0.1, 0.15) is 23.9 Å². The van der Waals surface area contributed by atoms with Crippen molar-refractivity contribution in [1.82, 2.24) is 4.98 Å². The van der Waals surface area contributed by atoms with Crippen LogP contribution in [0.15, 0.2) is 12.3 Å². The predicted molar refractivity (Wildman–Crippen MR) is 66.9 cm³/mol. The number of aldehydes is 1. The molecule has 6 nitrogen and oxygen atoms in total. The number of hydrogen-bond acceptors (Lipinski definition) is 5. The smallest absolute Gasteiger partial charge is 0.356 e. The number of pyridine rings is 1. The maximum absolute atomic E-state index is 12.7. The molecule has 2 rings (SSSR count). The second kappa shape index (κ2) is 5.66. The summed E-state index contributed by atoms with van der Waals surface area (Å²) in [6, 6.07) is -0.0131. The van der Waals surface area contributed by atoms with Gasteiger partial charge >= 0.3 is 11.9 Å². The molecule has 114 valence electrons. The van der Waals surface area contributed by atoms with Crippen LogP contribution in [0.2, 0.25) is 0 Å². The molecule has 1 aromatic heterocycles. The Hall–Kier alpha value is -2.19. The Labute approximate surface area is 117 Å². The van der Waals surface area contributed by atoms with Gasteiger partial charge in [0.15, 0.2) is 0 Å². The SMILES string of the molecule is O=CC1CCCCN1c1cc(C(F)(F)F)ncc1[N+](=O)[O-]. The van der Waals surface area contributed by atoms with Crippen LogP contribution < -0.4 is 4.90 Å². The van der Waals surface area contributed by atoms with Crippen LogP contribution >= 0.6 is 0 Å². The summed E-state index contributed by atoms with van der Waals surface area (Å²) in [4.78, 5) is 25.7. The molecule has 1 atom stereocenters. The minimum absolute atomic E-state index is 0.209. The molecular weight excluding hydrogens is 291 g/mol. The molecule has 0 radical (unpaired) electrons. The number of anilines is 1. The van der Waals surface area contributed by atoms with Gasteiger partial charge in [-0.05, 0) is 25.3 Å². The first kappa shape index (κ1) is 15.2. The lowest BCUT2D eigenvalue weighted by molar-refractivity contribution is -0.384. The molecule has 21 heavy (non-hydrogen) atoms. The summed E-state index contributed by atoms with van der Waals surface area (Å²) in [6.07, 6.45) is -1.62. The minimum Gasteiger partial charge on any atom is -0.356 e. The van der Waals surface area contributed by atoms with Crippen molar-refractivity contribution in [2.24, 2.45) is 0 Å². The average Bonchev–Trinajstić information content (AvgIpc) is 2.45. The molecule has 1 aliphatic heterocycles. The molecule has 0 spiro atoms. The second-order valence-corrected chi connectivity index (χ2v) is 4.71. The summed E-state index contributed by atoms with van der Waals surface area (Å²) in [6.45, 7) is 0.297. The van der Waals surface area contributed by atoms with E-state index in [0.717, 1.165) is 6.42 Å². The van der Waals surface area contributed by atoms with Crippen molar-refractivity contribution in [3.8, 4) is 0 Å². The summed E-state index contributed by atoms with van der Waals surface area (Å²) < 4.78 is 38.2. The first-order valence-corrected chi connectivity index (χ1v) is 6.28. The Morgan fingerprint density at radius 3 is 2.71 bits per heavy atom. The summed E-state index contributed by atoms with van der Waals surface area (Å²) in [5, 5.41) is 11.0. The molecule has 0 saturated carbocycles. The highest BCUT2D eigenvalue weighted by molar-refractivity contribution is 5.72. The fourth-order valence-corrected chi connectivity index (χ4v) is 2.36. The Balaban J connectivity index is 2.52. The fraction of sp³-hybridized carbons (Fsp3) is 0.500. The van der Waals surface area contributed by atoms with E-state index < -0.39 is 28.5 Å². The zero-order chi connectivity index (χ0) is 15.6. The van der Waals surface area contributed by atoms with Gasteiger partial charge in [-0.25, -0.2) is 4.98 Å². The largest absolute Gasteiger partial charge is 0.433 e. The topological polar surface area (TPSA) is 76.3 Å². The van der Waals surface area contributed by atoms with Gasteiger partial charge in [-0.15, -0.1) is 0 Å². The van der Waals surface area contributed by atoms with E-state index >= 15 is 0 Å². The third kappa shape index (κ3) is 3.11. The number of nitro groups is 1. The molecule has 0 bridgehead atoms. The van der Waals surface area contributed by atoms with Gasteiger partial charge in [-0.1, -0.05) is 0 Å². The number of alkyl halides is 3. The third-order valence-electron chi connectivity index (χ3n) is 3.36. The molecule has 1 fully saturated rings. The van der Waals surface area contributed by atoms with Crippen molar-refractivity contribution in [2.75, 3.05) is 11.4 Å². The first-order chi connectivity index (χ1) is 9.84. The van der Waals surface area contributed by atoms with E-state index in [9.17, 15) is 28.1 Å². The number of halogens is 3. The van der Waals surface area contributed by atoms with Gasteiger partial charge in [0, 0.05) is 6.54 Å². The lowest BCUT2D eigenvalue weighted by Crippen LogP contribution is -2.41. The number of carbonyl (C=O) groups excluding carboxylic acids is 1. The molecule has 0 amide bonds. The lowest BCUT2D eigenvalue weighted by Gasteiger charge is -2.33. The first-order valence-electron chi connectivity index (χ1n) is 6.28. The highest BCUT2D eigenvalue weighted by atomic mass is 19.4. The van der Waals surface area contributed by atoms with Crippen LogP contribution in [0.3, 0.4) is 0 Å². The Morgan fingerprint density at radius 2 is 2.14 bits per heavy atom. The van der Waals surface area contributed by atoms with Crippen LogP contribution in [0.4, 0.5) is 24.5 Å². The van der Waals surface area contributed by atoms with Crippen LogP contribution in [0, 0.1) is 10.1 Å². The maximum Gasteiger partial charge on any atom is 0.433 e. The number of carbonyl (C=O) groups is 1. The quantitative estimate of drug-likeness (QED) is 0.487. The normalized spacial score (nSPS) is 19.4. The van der Waals surface area contributed by atoms with E-state index in [0.29, 0.717) is 37.9 Å². The monoisotopic (exact) mass is 303 g/mol. The maximum atomic E-state index is 12.7. The van der Waals surface area contributed by atoms with Gasteiger partial charge in [0.2, 0.25) is 0 Å². The second-order valence-electron chi connectivity index (χ2n) is 4.71. The van der Waals surface area contributed by atoms with Crippen LogP contribution in [-0.2, 0) is 11.0 Å². The molecule has 0 N–H and O–H groups in total. The highest BCUT2D eigenvalue weighted by Gasteiger charge is 2.36. The molecular formula is C12H12F3N3O3. The summed E-state index contributed by atoms with van der Waals surface area (Å²) in [5.41, 5.74) is -1.95. The molecule has 1 aliphatic rings. The van der Waals surface area contributed by atoms with Crippen LogP contribution in [0.25, 0.3) is 0 Å². The molecule has 0 aromatic carbocycles. The molecule has 1 aromatic rings. The van der Waals surface area contributed by atoms with E-state index in [-0.39, 0.29) is 5.69 Å². The van der Waals surface area contributed by atoms with Crippen molar-refractivity contribution in [2.45, 2.75) is 31.5 Å². The summed E-state index contributed by atoms with van der Waals surface area (Å²) in [5.74, 6) is 0. The van der Waals surface area contributed by atoms with Crippen molar-refractivity contribution in [3.63, 3.8) is 0 Å². The number of nitrogens with zero attached hydrogens (tertiary/aromatic N) is 3. The van der Waals surface area contributed by atoms with Crippen molar-refractivity contribution < 1.29 is 22.9 Å². The van der Waals surface area contributed by atoms with Gasteiger partial charge in [0.25, 0.3) is 0 Å². The Morgan fingerprint density at radius 1 is 1.43 bits per heavy atom. The zero-order valence-corrected chi connectivity index (χ0v) is 10.8. The van der Waals surface area contributed by atoms with Gasteiger partial charge in [-0.3, -0.25) is 10.1 Å². The fourth-order valence-electron chi connectivity index (χ4n) is 2.36. The van der Waals surface area contributed by atoms with Crippen molar-refractivity contribution >= 4 is 17.7 Å². The Bertz CT molecular complexity index is 562. The molecule has 2 heterocycles. The van der Waals surface area contributed by atoms with Crippen molar-refractivity contribution in [1.29, 1.82) is 0 Å². The zero-order valence-electron chi connectivity index (χ0n) is 10.8. The standard InChI is InChI=1S/C12H12F3N3O3/c13-12(14,15)11-5-9(10(6-16-11)18(20)21)17-4-2-1-3-8(17)7-19/h5-8H,1-4H2. The minimum atomic E-state index is -4.70. The van der Waals surface area contributed by atoms with Gasteiger partial charge < -0.3 is 9.69 Å². The number of hydrogen-bond donors (Lipinski definition) is 0. The van der Waals surface area contributed by atoms with Crippen LogP contribution in [-0.4, -0.2) is 28.8 Å². The molecule has 0 aliphatic carbocycles.